The molecule has 5 nitrogen and oxygen atoms in total. The molecule has 4 rings (SSSR count). The fourth-order valence-corrected chi connectivity index (χ4v) is 4.07. The van der Waals surface area contributed by atoms with Crippen LogP contribution in [0.3, 0.4) is 0 Å². The van der Waals surface area contributed by atoms with Crippen molar-refractivity contribution in [1.29, 1.82) is 0 Å². The normalized spacial score (nSPS) is 19.2. The lowest BCUT2D eigenvalue weighted by molar-refractivity contribution is -0.128. The Morgan fingerprint density at radius 2 is 2.03 bits per heavy atom. The van der Waals surface area contributed by atoms with Gasteiger partial charge in [-0.1, -0.05) is 18.2 Å². The molecule has 154 valence electrons. The van der Waals surface area contributed by atoms with Gasteiger partial charge in [0.1, 0.15) is 5.82 Å². The molecule has 1 atom stereocenters. The van der Waals surface area contributed by atoms with Gasteiger partial charge < -0.3 is 14.8 Å². The first-order valence-corrected chi connectivity index (χ1v) is 10.1. The average molecular weight is 398 g/mol. The molecule has 2 aromatic carbocycles. The first-order chi connectivity index (χ1) is 13.9. The third kappa shape index (κ3) is 4.53. The minimum Gasteiger partial charge on any atom is -0.454 e. The van der Waals surface area contributed by atoms with E-state index >= 15 is 0 Å². The molecule has 0 aromatic heterocycles. The molecule has 1 fully saturated rings. The summed E-state index contributed by atoms with van der Waals surface area (Å²) in [6, 6.07) is 12.4. The predicted octanol–water partition coefficient (Wildman–Crippen LogP) is 3.82. The highest BCUT2D eigenvalue weighted by Crippen LogP contribution is 2.35. The van der Waals surface area contributed by atoms with Crippen molar-refractivity contribution in [1.82, 2.24) is 10.2 Å². The maximum Gasteiger partial charge on any atom is 0.231 e. The number of nitrogens with one attached hydrogen (secondary N) is 1. The predicted molar refractivity (Wildman–Crippen MR) is 108 cm³/mol. The van der Waals surface area contributed by atoms with Crippen molar-refractivity contribution in [3.63, 3.8) is 0 Å². The van der Waals surface area contributed by atoms with E-state index in [0.717, 1.165) is 36.3 Å². The van der Waals surface area contributed by atoms with Crippen LogP contribution in [0.4, 0.5) is 4.39 Å². The van der Waals surface area contributed by atoms with Gasteiger partial charge in [-0.05, 0) is 68.6 Å². The lowest BCUT2D eigenvalue weighted by Crippen LogP contribution is -2.48. The Hall–Kier alpha value is -2.60. The highest BCUT2D eigenvalue weighted by atomic mass is 19.1. The second-order valence-corrected chi connectivity index (χ2v) is 8.39. The number of halogens is 1. The van der Waals surface area contributed by atoms with E-state index in [-0.39, 0.29) is 24.4 Å². The average Bonchev–Trinajstić information content (AvgIpc) is 3.16. The Morgan fingerprint density at radius 1 is 1.21 bits per heavy atom. The van der Waals surface area contributed by atoms with Crippen LogP contribution in [0.15, 0.2) is 42.5 Å². The van der Waals surface area contributed by atoms with E-state index in [2.05, 4.69) is 10.2 Å². The molecule has 0 saturated carbocycles. The largest absolute Gasteiger partial charge is 0.454 e. The SMILES string of the molecule is CC(C)(NC(=O)C1CCCN(Cc2cccc(F)c2)C1)c1ccc2c(c1)OCO2. The van der Waals surface area contributed by atoms with E-state index in [4.69, 9.17) is 9.47 Å². The van der Waals surface area contributed by atoms with Crippen LogP contribution in [0.25, 0.3) is 0 Å². The third-order valence-corrected chi connectivity index (χ3v) is 5.70. The van der Waals surface area contributed by atoms with Crippen molar-refractivity contribution in [3.8, 4) is 11.5 Å². The second kappa shape index (κ2) is 8.03. The smallest absolute Gasteiger partial charge is 0.231 e. The third-order valence-electron chi connectivity index (χ3n) is 5.70. The van der Waals surface area contributed by atoms with Crippen LogP contribution in [0.5, 0.6) is 11.5 Å². The molecule has 2 aliphatic heterocycles. The first-order valence-electron chi connectivity index (χ1n) is 10.1. The Bertz CT molecular complexity index is 899. The van der Waals surface area contributed by atoms with Gasteiger partial charge in [0.15, 0.2) is 11.5 Å². The number of carbonyl (C=O) groups excluding carboxylic acids is 1. The molecule has 0 radical (unpaired) electrons. The number of carbonyl (C=O) groups is 1. The number of amides is 1. The van der Waals surface area contributed by atoms with Crippen molar-refractivity contribution in [2.75, 3.05) is 19.9 Å². The van der Waals surface area contributed by atoms with Gasteiger partial charge in [0, 0.05) is 13.1 Å². The maximum absolute atomic E-state index is 13.5. The number of hydrogen-bond donors (Lipinski definition) is 1. The van der Waals surface area contributed by atoms with Crippen LogP contribution in [0, 0.1) is 11.7 Å². The van der Waals surface area contributed by atoms with Crippen molar-refractivity contribution in [3.05, 3.63) is 59.4 Å². The van der Waals surface area contributed by atoms with Gasteiger partial charge in [0.2, 0.25) is 12.7 Å². The van der Waals surface area contributed by atoms with Crippen molar-refractivity contribution in [2.45, 2.75) is 38.8 Å². The number of likely N-dealkylation sites (tertiary alicyclic amines) is 1. The molecular weight excluding hydrogens is 371 g/mol. The van der Waals surface area contributed by atoms with E-state index < -0.39 is 5.54 Å². The van der Waals surface area contributed by atoms with Gasteiger partial charge >= 0.3 is 0 Å². The molecule has 0 spiro atoms. The molecule has 29 heavy (non-hydrogen) atoms. The molecule has 1 saturated heterocycles. The first kappa shape index (κ1) is 19.7. The van der Waals surface area contributed by atoms with Gasteiger partial charge in [-0.3, -0.25) is 9.69 Å². The molecule has 1 unspecified atom stereocenters. The number of ether oxygens (including phenoxy) is 2. The number of fused-ring (bicyclic) bond motifs is 1. The molecule has 1 N–H and O–H groups in total. The Kier molecular flexibility index (Phi) is 5.46. The molecule has 2 aromatic rings. The topological polar surface area (TPSA) is 50.8 Å². The molecule has 1 amide bonds. The zero-order chi connectivity index (χ0) is 20.4. The summed E-state index contributed by atoms with van der Waals surface area (Å²) in [5, 5.41) is 3.21. The summed E-state index contributed by atoms with van der Waals surface area (Å²) in [6.45, 7) is 6.48. The van der Waals surface area contributed by atoms with Crippen molar-refractivity contribution < 1.29 is 18.7 Å². The van der Waals surface area contributed by atoms with E-state index in [1.54, 1.807) is 12.1 Å². The summed E-state index contributed by atoms with van der Waals surface area (Å²) in [6.07, 6.45) is 1.82. The molecule has 2 aliphatic rings. The van der Waals surface area contributed by atoms with Gasteiger partial charge in [-0.2, -0.15) is 0 Å². The van der Waals surface area contributed by atoms with Crippen molar-refractivity contribution in [2.24, 2.45) is 5.92 Å². The number of benzene rings is 2. The van der Waals surface area contributed by atoms with Gasteiger partial charge in [-0.15, -0.1) is 0 Å². The molecule has 6 heteroatoms. The van der Waals surface area contributed by atoms with E-state index in [1.807, 2.05) is 38.1 Å². The highest BCUT2D eigenvalue weighted by molar-refractivity contribution is 5.80. The highest BCUT2D eigenvalue weighted by Gasteiger charge is 2.31. The monoisotopic (exact) mass is 398 g/mol. The van der Waals surface area contributed by atoms with Crippen molar-refractivity contribution >= 4 is 5.91 Å². The molecule has 0 aliphatic carbocycles. The summed E-state index contributed by atoms with van der Waals surface area (Å²) in [5.41, 5.74) is 1.39. The van der Waals surface area contributed by atoms with Crippen LogP contribution in [0.2, 0.25) is 0 Å². The summed E-state index contributed by atoms with van der Waals surface area (Å²) in [4.78, 5) is 15.3. The number of nitrogens with zero attached hydrogens (tertiary/aromatic N) is 1. The maximum atomic E-state index is 13.5. The minimum absolute atomic E-state index is 0.0524. The number of piperidine rings is 1. The summed E-state index contributed by atoms with van der Waals surface area (Å²) < 4.78 is 24.3. The van der Waals surface area contributed by atoms with Crippen LogP contribution in [0.1, 0.15) is 37.8 Å². The van der Waals surface area contributed by atoms with Crippen LogP contribution >= 0.6 is 0 Å². The minimum atomic E-state index is -0.525. The standard InChI is InChI=1S/C23H27FN2O3/c1-23(2,18-8-9-20-21(12-18)29-15-28-20)25-22(27)17-6-4-10-26(14-17)13-16-5-3-7-19(24)11-16/h3,5,7-9,11-12,17H,4,6,10,13-15H2,1-2H3,(H,25,27). The van der Waals surface area contributed by atoms with Crippen LogP contribution in [-0.4, -0.2) is 30.7 Å². The van der Waals surface area contributed by atoms with Gasteiger partial charge in [0.05, 0.1) is 11.5 Å². The molecular formula is C23H27FN2O3. The Labute approximate surface area is 170 Å². The Morgan fingerprint density at radius 3 is 2.86 bits per heavy atom. The molecule has 2 heterocycles. The summed E-state index contributed by atoms with van der Waals surface area (Å²) in [5.74, 6) is 1.20. The molecule has 0 bridgehead atoms. The Balaban J connectivity index is 1.39. The lowest BCUT2D eigenvalue weighted by Gasteiger charge is -2.35. The fraction of sp³-hybridized carbons (Fsp3) is 0.435. The summed E-state index contributed by atoms with van der Waals surface area (Å²) >= 11 is 0. The van der Waals surface area contributed by atoms with E-state index in [0.29, 0.717) is 18.8 Å². The summed E-state index contributed by atoms with van der Waals surface area (Å²) in [7, 11) is 0. The quantitative estimate of drug-likeness (QED) is 0.832. The fourth-order valence-electron chi connectivity index (χ4n) is 4.07. The lowest BCUT2D eigenvalue weighted by atomic mass is 9.91. The van der Waals surface area contributed by atoms with Gasteiger partial charge in [-0.25, -0.2) is 4.39 Å². The van der Waals surface area contributed by atoms with E-state index in [9.17, 15) is 9.18 Å². The van der Waals surface area contributed by atoms with Crippen LogP contribution < -0.4 is 14.8 Å². The van der Waals surface area contributed by atoms with E-state index in [1.165, 1.54) is 6.07 Å². The van der Waals surface area contributed by atoms with Crippen LogP contribution in [-0.2, 0) is 16.9 Å². The second-order valence-electron chi connectivity index (χ2n) is 8.39. The number of hydrogen-bond acceptors (Lipinski definition) is 4. The zero-order valence-corrected chi connectivity index (χ0v) is 16.9. The number of rotatable bonds is 5. The van der Waals surface area contributed by atoms with Gasteiger partial charge in [0.25, 0.3) is 0 Å². The zero-order valence-electron chi connectivity index (χ0n) is 16.9.